The number of carbonyl (C=O) groups is 1. The van der Waals surface area contributed by atoms with Crippen molar-refractivity contribution in [1.82, 2.24) is 24.9 Å². The molecule has 0 aromatic carbocycles. The van der Waals surface area contributed by atoms with E-state index in [2.05, 4.69) is 24.9 Å². The van der Waals surface area contributed by atoms with Gasteiger partial charge in [-0.1, -0.05) is 30.3 Å². The van der Waals surface area contributed by atoms with Gasteiger partial charge >= 0.3 is 5.97 Å². The van der Waals surface area contributed by atoms with E-state index < -0.39 is 5.97 Å². The summed E-state index contributed by atoms with van der Waals surface area (Å²) in [6, 6.07) is 27.9. The van der Waals surface area contributed by atoms with Crippen molar-refractivity contribution in [2.75, 3.05) is 0 Å². The molecular formula is C26H21N5O2Os. The van der Waals surface area contributed by atoms with Gasteiger partial charge in [-0.25, -0.2) is 9.78 Å². The molecule has 5 heterocycles. The van der Waals surface area contributed by atoms with Crippen LogP contribution in [0.3, 0.4) is 0 Å². The number of pyridine rings is 5. The number of aromatic nitrogens is 5. The summed E-state index contributed by atoms with van der Waals surface area (Å²) < 4.78 is 0. The molecule has 0 bridgehead atoms. The van der Waals surface area contributed by atoms with Crippen LogP contribution in [0.15, 0.2) is 122 Å². The van der Waals surface area contributed by atoms with Gasteiger partial charge in [0.05, 0.1) is 22.8 Å². The van der Waals surface area contributed by atoms with Crippen LogP contribution in [-0.4, -0.2) is 36.0 Å². The van der Waals surface area contributed by atoms with Crippen molar-refractivity contribution in [1.29, 1.82) is 0 Å². The van der Waals surface area contributed by atoms with E-state index in [9.17, 15) is 4.79 Å². The van der Waals surface area contributed by atoms with Gasteiger partial charge in [0.25, 0.3) is 0 Å². The van der Waals surface area contributed by atoms with E-state index in [1.54, 1.807) is 36.9 Å². The Balaban J connectivity index is 0.000000180. The zero-order valence-corrected chi connectivity index (χ0v) is 20.5. The maximum absolute atomic E-state index is 10.1. The molecule has 0 aliphatic rings. The zero-order chi connectivity index (χ0) is 23.1. The third kappa shape index (κ3) is 8.77. The summed E-state index contributed by atoms with van der Waals surface area (Å²) in [4.78, 5) is 30.5. The molecule has 5 aromatic rings. The Morgan fingerprint density at radius 2 is 0.765 bits per heavy atom. The van der Waals surface area contributed by atoms with Crippen molar-refractivity contribution >= 4 is 5.97 Å². The number of hydrogen-bond donors (Lipinski definition) is 1. The summed E-state index contributed by atoms with van der Waals surface area (Å²) in [6.45, 7) is 0. The summed E-state index contributed by atoms with van der Waals surface area (Å²) in [5.41, 5.74) is 3.74. The van der Waals surface area contributed by atoms with Crippen LogP contribution in [-0.2, 0) is 19.8 Å². The average Bonchev–Trinajstić information content (AvgIpc) is 2.92. The van der Waals surface area contributed by atoms with Crippen LogP contribution in [0.1, 0.15) is 10.5 Å². The van der Waals surface area contributed by atoms with Gasteiger partial charge in [0.1, 0.15) is 5.69 Å². The van der Waals surface area contributed by atoms with Gasteiger partial charge in [0.2, 0.25) is 0 Å². The molecule has 0 aliphatic heterocycles. The fourth-order valence-electron chi connectivity index (χ4n) is 2.55. The molecule has 0 spiro atoms. The van der Waals surface area contributed by atoms with Crippen molar-refractivity contribution < 1.29 is 29.7 Å². The van der Waals surface area contributed by atoms with E-state index in [0.29, 0.717) is 0 Å². The first-order valence-electron chi connectivity index (χ1n) is 10.0. The van der Waals surface area contributed by atoms with Crippen LogP contribution in [0.25, 0.3) is 22.8 Å². The molecule has 1 N–H and O–H groups in total. The smallest absolute Gasteiger partial charge is 0.354 e. The minimum atomic E-state index is -0.990. The van der Waals surface area contributed by atoms with Crippen molar-refractivity contribution in [2.45, 2.75) is 0 Å². The largest absolute Gasteiger partial charge is 0.477 e. The predicted molar refractivity (Wildman–Crippen MR) is 126 cm³/mol. The van der Waals surface area contributed by atoms with E-state index in [0.717, 1.165) is 22.8 Å². The maximum Gasteiger partial charge on any atom is 0.354 e. The van der Waals surface area contributed by atoms with E-state index in [1.165, 1.54) is 12.3 Å². The van der Waals surface area contributed by atoms with E-state index >= 15 is 0 Å². The molecule has 7 nitrogen and oxygen atoms in total. The summed E-state index contributed by atoms with van der Waals surface area (Å²) in [6.07, 6.45) is 8.52. The average molecular weight is 626 g/mol. The van der Waals surface area contributed by atoms with Crippen LogP contribution in [0.4, 0.5) is 0 Å². The standard InChI is InChI=1S/2C10H8N2.C6H5NO2.Os/c2*1-3-7-11-9(5-1)10-6-2-4-8-12-10;8-6(9)5-3-1-2-4-7-5;/h2*1-8H;1-4H,(H,8,9);. The van der Waals surface area contributed by atoms with E-state index in [-0.39, 0.29) is 25.5 Å². The first kappa shape index (κ1) is 26.1. The fourth-order valence-corrected chi connectivity index (χ4v) is 2.55. The number of carboxylic acids is 1. The Labute approximate surface area is 210 Å². The molecule has 0 radical (unpaired) electrons. The van der Waals surface area contributed by atoms with Gasteiger partial charge in [0.15, 0.2) is 0 Å². The molecule has 8 heteroatoms. The van der Waals surface area contributed by atoms with Crippen LogP contribution in [0, 0.1) is 0 Å². The quantitative estimate of drug-likeness (QED) is 0.299. The zero-order valence-electron chi connectivity index (χ0n) is 18.0. The molecule has 5 rings (SSSR count). The van der Waals surface area contributed by atoms with Crippen LogP contribution < -0.4 is 0 Å². The van der Waals surface area contributed by atoms with Gasteiger partial charge in [0, 0.05) is 50.8 Å². The Morgan fingerprint density at radius 1 is 0.471 bits per heavy atom. The Bertz CT molecular complexity index is 1060. The fraction of sp³-hybridized carbons (Fsp3) is 0. The normalized spacial score (nSPS) is 9.18. The molecule has 0 aliphatic carbocycles. The second kappa shape index (κ2) is 14.8. The second-order valence-electron chi connectivity index (χ2n) is 6.38. The summed E-state index contributed by atoms with van der Waals surface area (Å²) in [7, 11) is 0. The topological polar surface area (TPSA) is 102 Å². The van der Waals surface area contributed by atoms with Gasteiger partial charge in [-0.05, 0) is 60.7 Å². The molecular weight excluding hydrogens is 605 g/mol. The van der Waals surface area contributed by atoms with Gasteiger partial charge in [-0.15, -0.1) is 0 Å². The predicted octanol–water partition coefficient (Wildman–Crippen LogP) is 5.06. The van der Waals surface area contributed by atoms with Crippen LogP contribution in [0.5, 0.6) is 0 Å². The van der Waals surface area contributed by atoms with Gasteiger partial charge in [-0.3, -0.25) is 19.9 Å². The van der Waals surface area contributed by atoms with E-state index in [1.807, 2.05) is 72.8 Å². The summed E-state index contributed by atoms with van der Waals surface area (Å²) in [5, 5.41) is 8.32. The maximum atomic E-state index is 10.1. The third-order valence-corrected chi connectivity index (χ3v) is 4.07. The third-order valence-electron chi connectivity index (χ3n) is 4.07. The van der Waals surface area contributed by atoms with Crippen molar-refractivity contribution in [3.63, 3.8) is 0 Å². The molecule has 0 atom stereocenters. The Kier molecular flexibility index (Phi) is 11.4. The Hall–Kier alpha value is -4.14. The molecule has 0 amide bonds. The summed E-state index contributed by atoms with van der Waals surface area (Å²) in [5.74, 6) is -0.990. The number of nitrogens with zero attached hydrogens (tertiary/aromatic N) is 5. The van der Waals surface area contributed by atoms with E-state index in [4.69, 9.17) is 5.11 Å². The van der Waals surface area contributed by atoms with Gasteiger partial charge in [-0.2, -0.15) is 0 Å². The first-order chi connectivity index (χ1) is 16.2. The van der Waals surface area contributed by atoms with Gasteiger partial charge < -0.3 is 5.11 Å². The minimum absolute atomic E-state index is 0. The monoisotopic (exact) mass is 627 g/mol. The number of rotatable bonds is 3. The molecule has 0 saturated carbocycles. The second-order valence-corrected chi connectivity index (χ2v) is 6.38. The van der Waals surface area contributed by atoms with Crippen molar-refractivity contribution in [3.8, 4) is 22.8 Å². The number of carboxylic acid groups (broad SMARTS) is 1. The molecule has 0 saturated heterocycles. The van der Waals surface area contributed by atoms with Crippen LogP contribution >= 0.6 is 0 Å². The summed E-state index contributed by atoms with van der Waals surface area (Å²) >= 11 is 0. The molecule has 34 heavy (non-hydrogen) atoms. The minimum Gasteiger partial charge on any atom is -0.477 e. The number of hydrogen-bond acceptors (Lipinski definition) is 6. The van der Waals surface area contributed by atoms with Crippen molar-refractivity contribution in [2.24, 2.45) is 0 Å². The van der Waals surface area contributed by atoms with Crippen LogP contribution in [0.2, 0.25) is 0 Å². The SMILES string of the molecule is O=C(O)c1ccccn1.[Os].c1ccc(-c2ccccn2)nc1.c1ccc(-c2ccccn2)nc1. The number of aromatic carboxylic acids is 1. The molecule has 0 unspecified atom stereocenters. The molecule has 5 aromatic heterocycles. The Morgan fingerprint density at radius 3 is 0.941 bits per heavy atom. The molecule has 170 valence electrons. The van der Waals surface area contributed by atoms with Crippen molar-refractivity contribution in [3.05, 3.63) is 128 Å². The first-order valence-corrected chi connectivity index (χ1v) is 10.0. The molecule has 0 fully saturated rings.